The molecular weight excluding hydrogens is 297 g/mol. The second kappa shape index (κ2) is 4.71. The van der Waals surface area contributed by atoms with Gasteiger partial charge in [-0.25, -0.2) is 4.98 Å². The minimum atomic E-state index is 0.435. The van der Waals surface area contributed by atoms with Gasteiger partial charge in [-0.3, -0.25) is 0 Å². The largest absolute Gasteiger partial charge is 0.350 e. The fraction of sp³-hybridized carbons (Fsp3) is 0. The first-order valence-corrected chi connectivity index (χ1v) is 6.48. The fourth-order valence-corrected chi connectivity index (χ4v) is 2.70. The Morgan fingerprint density at radius 1 is 1.20 bits per heavy atom. The molecule has 0 aliphatic carbocycles. The molecule has 1 aromatic carbocycles. The van der Waals surface area contributed by atoms with E-state index in [-0.39, 0.29) is 0 Å². The molecule has 0 spiro atoms. The van der Waals surface area contributed by atoms with E-state index in [1.165, 1.54) is 6.20 Å². The summed E-state index contributed by atoms with van der Waals surface area (Å²) in [4.78, 5) is 2.87. The zero-order valence-corrected chi connectivity index (χ0v) is 11.6. The summed E-state index contributed by atoms with van der Waals surface area (Å²) in [7, 11) is 0. The molecule has 0 unspecified atom stereocenters. The van der Waals surface area contributed by atoms with E-state index in [0.29, 0.717) is 26.6 Å². The van der Waals surface area contributed by atoms with Crippen LogP contribution in [-0.4, -0.2) is 10.2 Å². The number of hydrogen-bond donors (Lipinski definition) is 2. The number of H-pyrrole nitrogens is 1. The SMILES string of the molecule is N#Cc1c[nH]c2c1c(-c1ccc(Cl)cc1Cl)cc[n+]2O. The van der Waals surface area contributed by atoms with E-state index < -0.39 is 0 Å². The Morgan fingerprint density at radius 2 is 2.00 bits per heavy atom. The van der Waals surface area contributed by atoms with Gasteiger partial charge in [-0.1, -0.05) is 34.0 Å². The molecule has 0 fully saturated rings. The molecule has 0 radical (unpaired) electrons. The zero-order valence-electron chi connectivity index (χ0n) is 10.1. The van der Waals surface area contributed by atoms with Crippen molar-refractivity contribution in [2.75, 3.05) is 0 Å². The molecule has 4 nitrogen and oxygen atoms in total. The molecule has 98 valence electrons. The number of pyridine rings is 1. The van der Waals surface area contributed by atoms with Gasteiger partial charge < -0.3 is 5.21 Å². The van der Waals surface area contributed by atoms with Crippen molar-refractivity contribution in [3.63, 3.8) is 0 Å². The Labute approximate surface area is 124 Å². The molecular formula is C14H8Cl2N3O+. The van der Waals surface area contributed by atoms with Crippen LogP contribution in [0.25, 0.3) is 22.2 Å². The summed E-state index contributed by atoms with van der Waals surface area (Å²) in [5, 5.41) is 20.6. The number of aromatic amines is 1. The summed E-state index contributed by atoms with van der Waals surface area (Å²) >= 11 is 12.1. The molecule has 3 aromatic rings. The highest BCUT2D eigenvalue weighted by molar-refractivity contribution is 6.36. The quantitative estimate of drug-likeness (QED) is 0.533. The summed E-state index contributed by atoms with van der Waals surface area (Å²) in [6.07, 6.45) is 3.03. The van der Waals surface area contributed by atoms with E-state index >= 15 is 0 Å². The van der Waals surface area contributed by atoms with E-state index in [9.17, 15) is 10.5 Å². The zero-order chi connectivity index (χ0) is 14.3. The number of fused-ring (bicyclic) bond motifs is 1. The third-order valence-electron chi connectivity index (χ3n) is 3.08. The van der Waals surface area contributed by atoms with Crippen LogP contribution in [0.2, 0.25) is 10.0 Å². The second-order valence-electron chi connectivity index (χ2n) is 4.24. The molecule has 0 saturated heterocycles. The lowest BCUT2D eigenvalue weighted by atomic mass is 10.0. The molecule has 0 aliphatic rings. The Morgan fingerprint density at radius 3 is 2.70 bits per heavy atom. The molecule has 3 rings (SSSR count). The van der Waals surface area contributed by atoms with Gasteiger partial charge in [-0.05, 0) is 18.2 Å². The van der Waals surface area contributed by atoms with Crippen molar-refractivity contribution >= 4 is 34.2 Å². The number of hydrogen-bond acceptors (Lipinski definition) is 2. The molecule has 2 heterocycles. The van der Waals surface area contributed by atoms with Gasteiger partial charge in [-0.15, -0.1) is 0 Å². The monoisotopic (exact) mass is 304 g/mol. The molecule has 6 heteroatoms. The molecule has 20 heavy (non-hydrogen) atoms. The van der Waals surface area contributed by atoms with Gasteiger partial charge in [0.15, 0.2) is 0 Å². The Balaban J connectivity index is 2.40. The van der Waals surface area contributed by atoms with Crippen LogP contribution < -0.4 is 4.73 Å². The minimum Gasteiger partial charge on any atom is -0.350 e. The number of rotatable bonds is 1. The first-order chi connectivity index (χ1) is 9.61. The average Bonchev–Trinajstić information content (AvgIpc) is 2.85. The number of benzene rings is 1. The van der Waals surface area contributed by atoms with Crippen LogP contribution in [0.4, 0.5) is 0 Å². The van der Waals surface area contributed by atoms with Crippen LogP contribution in [0.1, 0.15) is 5.56 Å². The number of halogens is 2. The summed E-state index contributed by atoms with van der Waals surface area (Å²) in [6, 6.07) is 8.95. The number of aromatic nitrogens is 2. The van der Waals surface area contributed by atoms with Crippen molar-refractivity contribution in [1.82, 2.24) is 4.98 Å². The number of nitrogens with one attached hydrogen (secondary N) is 1. The van der Waals surface area contributed by atoms with Gasteiger partial charge in [0.2, 0.25) is 0 Å². The number of nitriles is 1. The van der Waals surface area contributed by atoms with Gasteiger partial charge in [0.1, 0.15) is 24.0 Å². The summed E-state index contributed by atoms with van der Waals surface area (Å²) in [5.41, 5.74) is 2.37. The fourth-order valence-electron chi connectivity index (χ4n) is 2.19. The first-order valence-electron chi connectivity index (χ1n) is 5.72. The van der Waals surface area contributed by atoms with Crippen LogP contribution in [-0.2, 0) is 0 Å². The maximum Gasteiger partial charge on any atom is 0.327 e. The molecule has 2 N–H and O–H groups in total. The Kier molecular flexibility index (Phi) is 3.01. The van der Waals surface area contributed by atoms with Gasteiger partial charge in [0.25, 0.3) is 0 Å². The standard InChI is InChI=1S/C14H7Cl2N3O/c15-9-1-2-10(12(16)5-9)11-3-4-19(20)14-13(11)8(6-17)7-18-14/h1-5,7,20H/p+1. The first kappa shape index (κ1) is 12.8. The number of nitrogens with zero attached hydrogens (tertiary/aromatic N) is 2. The van der Waals surface area contributed by atoms with Crippen molar-refractivity contribution in [2.24, 2.45) is 0 Å². The topological polar surface area (TPSA) is 63.7 Å². The Bertz CT molecular complexity index is 865. The molecule has 0 atom stereocenters. The molecule has 0 bridgehead atoms. The summed E-state index contributed by atoms with van der Waals surface area (Å²) < 4.78 is 0.934. The molecule has 0 amide bonds. The second-order valence-corrected chi connectivity index (χ2v) is 5.08. The Hall–Kier alpha value is -2.22. The van der Waals surface area contributed by atoms with Crippen LogP contribution in [0.5, 0.6) is 0 Å². The molecule has 2 aromatic heterocycles. The predicted molar refractivity (Wildman–Crippen MR) is 75.8 cm³/mol. The van der Waals surface area contributed by atoms with Crippen molar-refractivity contribution in [2.45, 2.75) is 0 Å². The van der Waals surface area contributed by atoms with Gasteiger partial charge in [0.05, 0.1) is 5.39 Å². The predicted octanol–water partition coefficient (Wildman–Crippen LogP) is 3.54. The van der Waals surface area contributed by atoms with Gasteiger partial charge in [0, 0.05) is 21.2 Å². The average molecular weight is 305 g/mol. The van der Waals surface area contributed by atoms with Crippen molar-refractivity contribution in [3.05, 3.63) is 52.3 Å². The van der Waals surface area contributed by atoms with Gasteiger partial charge in [-0.2, -0.15) is 5.26 Å². The highest BCUT2D eigenvalue weighted by Gasteiger charge is 2.20. The van der Waals surface area contributed by atoms with E-state index in [2.05, 4.69) is 11.1 Å². The smallest absolute Gasteiger partial charge is 0.327 e. The lowest BCUT2D eigenvalue weighted by molar-refractivity contribution is -0.885. The third kappa shape index (κ3) is 1.88. The van der Waals surface area contributed by atoms with Crippen LogP contribution in [0.15, 0.2) is 36.7 Å². The molecule has 0 saturated carbocycles. The van der Waals surface area contributed by atoms with E-state index in [1.807, 2.05) is 0 Å². The van der Waals surface area contributed by atoms with Crippen molar-refractivity contribution in [1.29, 1.82) is 5.26 Å². The van der Waals surface area contributed by atoms with Crippen LogP contribution >= 0.6 is 23.2 Å². The van der Waals surface area contributed by atoms with Crippen LogP contribution in [0, 0.1) is 11.3 Å². The normalized spacial score (nSPS) is 10.7. The maximum absolute atomic E-state index is 9.79. The minimum absolute atomic E-state index is 0.435. The molecule has 0 aliphatic heterocycles. The third-order valence-corrected chi connectivity index (χ3v) is 3.63. The maximum atomic E-state index is 9.79. The van der Waals surface area contributed by atoms with E-state index in [1.54, 1.807) is 30.5 Å². The summed E-state index contributed by atoms with van der Waals surface area (Å²) in [5.74, 6) is 0. The van der Waals surface area contributed by atoms with Crippen molar-refractivity contribution in [3.8, 4) is 17.2 Å². The van der Waals surface area contributed by atoms with E-state index in [0.717, 1.165) is 15.9 Å². The van der Waals surface area contributed by atoms with Gasteiger partial charge >= 0.3 is 5.65 Å². The highest BCUT2D eigenvalue weighted by atomic mass is 35.5. The van der Waals surface area contributed by atoms with Crippen LogP contribution in [0.3, 0.4) is 0 Å². The lowest BCUT2D eigenvalue weighted by Crippen LogP contribution is -2.30. The van der Waals surface area contributed by atoms with E-state index in [4.69, 9.17) is 23.2 Å². The summed E-state index contributed by atoms with van der Waals surface area (Å²) in [6.45, 7) is 0. The van der Waals surface area contributed by atoms with Crippen molar-refractivity contribution < 1.29 is 9.94 Å². The highest BCUT2D eigenvalue weighted by Crippen LogP contribution is 2.35. The lowest BCUT2D eigenvalue weighted by Gasteiger charge is -2.06.